The third kappa shape index (κ3) is 3.95. The standard InChI is InChI=1S/C14H20N2O4S/c1-14(2)12(16-21(18,19)8-7-13(15)17)9-10-5-3-4-6-11(10)20-14/h3-6,12,16H,7-9H2,1-2H3,(H2,15,17). The van der Waals surface area contributed by atoms with Crippen LogP contribution < -0.4 is 15.2 Å². The number of sulfonamides is 1. The Hall–Kier alpha value is -1.60. The summed E-state index contributed by atoms with van der Waals surface area (Å²) in [6.07, 6.45) is 0.346. The Balaban J connectivity index is 2.15. The van der Waals surface area contributed by atoms with Crippen molar-refractivity contribution in [3.8, 4) is 5.75 Å². The van der Waals surface area contributed by atoms with Crippen molar-refractivity contribution >= 4 is 15.9 Å². The molecule has 1 unspecified atom stereocenters. The van der Waals surface area contributed by atoms with Gasteiger partial charge in [0, 0.05) is 6.42 Å². The molecule has 1 aromatic carbocycles. The third-order valence-electron chi connectivity index (χ3n) is 3.55. The molecule has 0 radical (unpaired) electrons. The predicted octanol–water partition coefficient (Wildman–Crippen LogP) is 0.564. The zero-order valence-electron chi connectivity index (χ0n) is 12.1. The largest absolute Gasteiger partial charge is 0.486 e. The number of rotatable bonds is 5. The van der Waals surface area contributed by atoms with Gasteiger partial charge in [0.15, 0.2) is 0 Å². The monoisotopic (exact) mass is 312 g/mol. The summed E-state index contributed by atoms with van der Waals surface area (Å²) in [6, 6.07) is 7.15. The fourth-order valence-corrected chi connectivity index (χ4v) is 3.67. The summed E-state index contributed by atoms with van der Waals surface area (Å²) in [6.45, 7) is 3.68. The summed E-state index contributed by atoms with van der Waals surface area (Å²) in [5.74, 6) is -0.170. The topological polar surface area (TPSA) is 98.5 Å². The van der Waals surface area contributed by atoms with Gasteiger partial charge in [-0.1, -0.05) is 18.2 Å². The van der Waals surface area contributed by atoms with Crippen molar-refractivity contribution in [3.63, 3.8) is 0 Å². The molecule has 3 N–H and O–H groups in total. The summed E-state index contributed by atoms with van der Waals surface area (Å²) in [5.41, 5.74) is 5.28. The van der Waals surface area contributed by atoms with Crippen molar-refractivity contribution in [2.24, 2.45) is 5.73 Å². The van der Waals surface area contributed by atoms with E-state index >= 15 is 0 Å². The lowest BCUT2D eigenvalue weighted by molar-refractivity contribution is -0.117. The van der Waals surface area contributed by atoms with E-state index in [2.05, 4.69) is 4.72 Å². The van der Waals surface area contributed by atoms with E-state index in [0.717, 1.165) is 11.3 Å². The molecule has 0 bridgehead atoms. The van der Waals surface area contributed by atoms with Crippen LogP contribution in [0, 0.1) is 0 Å². The van der Waals surface area contributed by atoms with Gasteiger partial charge in [0.25, 0.3) is 0 Å². The molecule has 1 aromatic rings. The van der Waals surface area contributed by atoms with Gasteiger partial charge in [-0.3, -0.25) is 4.79 Å². The number of primary amides is 1. The molecular weight excluding hydrogens is 292 g/mol. The van der Waals surface area contributed by atoms with Gasteiger partial charge < -0.3 is 10.5 Å². The van der Waals surface area contributed by atoms with Crippen LogP contribution in [0.25, 0.3) is 0 Å². The summed E-state index contributed by atoms with van der Waals surface area (Å²) in [7, 11) is -3.58. The highest BCUT2D eigenvalue weighted by molar-refractivity contribution is 7.89. The number of ether oxygens (including phenoxy) is 1. The summed E-state index contributed by atoms with van der Waals surface area (Å²) in [4.78, 5) is 10.7. The van der Waals surface area contributed by atoms with Crippen LogP contribution in [0.3, 0.4) is 0 Å². The van der Waals surface area contributed by atoms with Crippen molar-refractivity contribution in [1.82, 2.24) is 4.72 Å². The second-order valence-corrected chi connectivity index (χ2v) is 7.60. The van der Waals surface area contributed by atoms with Gasteiger partial charge in [0.05, 0.1) is 11.8 Å². The van der Waals surface area contributed by atoms with Gasteiger partial charge in [0.2, 0.25) is 15.9 Å². The molecule has 1 amide bonds. The predicted molar refractivity (Wildman–Crippen MR) is 79.4 cm³/mol. The number of para-hydroxylation sites is 1. The van der Waals surface area contributed by atoms with E-state index in [-0.39, 0.29) is 12.2 Å². The first-order valence-corrected chi connectivity index (χ1v) is 8.40. The van der Waals surface area contributed by atoms with Gasteiger partial charge in [-0.15, -0.1) is 0 Å². The molecule has 7 heteroatoms. The molecule has 21 heavy (non-hydrogen) atoms. The van der Waals surface area contributed by atoms with E-state index in [1.165, 1.54) is 0 Å². The van der Waals surface area contributed by atoms with Crippen LogP contribution in [0.1, 0.15) is 25.8 Å². The molecule has 116 valence electrons. The maximum absolute atomic E-state index is 12.0. The number of carbonyl (C=O) groups is 1. The Kier molecular flexibility index (Phi) is 4.25. The Morgan fingerprint density at radius 3 is 2.76 bits per heavy atom. The second kappa shape index (κ2) is 5.65. The Morgan fingerprint density at radius 2 is 2.10 bits per heavy atom. The molecule has 0 aromatic heterocycles. The number of nitrogens with two attached hydrogens (primary N) is 1. The SMILES string of the molecule is CC1(C)Oc2ccccc2CC1NS(=O)(=O)CCC(N)=O. The van der Waals surface area contributed by atoms with Crippen molar-refractivity contribution in [1.29, 1.82) is 0 Å². The third-order valence-corrected chi connectivity index (χ3v) is 4.93. The molecule has 1 aliphatic rings. The molecule has 0 spiro atoms. The fraction of sp³-hybridized carbons (Fsp3) is 0.500. The molecule has 1 heterocycles. The van der Waals surface area contributed by atoms with Gasteiger partial charge in [-0.2, -0.15) is 0 Å². The van der Waals surface area contributed by atoms with Gasteiger partial charge in [-0.25, -0.2) is 13.1 Å². The number of benzene rings is 1. The quantitative estimate of drug-likeness (QED) is 0.830. The molecule has 1 atom stereocenters. The number of hydrogen-bond acceptors (Lipinski definition) is 4. The van der Waals surface area contributed by atoms with Crippen LogP contribution in [0.2, 0.25) is 0 Å². The molecule has 2 rings (SSSR count). The smallest absolute Gasteiger partial charge is 0.218 e. The van der Waals surface area contributed by atoms with E-state index < -0.39 is 27.6 Å². The number of nitrogens with one attached hydrogen (secondary N) is 1. The maximum Gasteiger partial charge on any atom is 0.218 e. The number of hydrogen-bond donors (Lipinski definition) is 2. The minimum Gasteiger partial charge on any atom is -0.486 e. The van der Waals surface area contributed by atoms with E-state index in [4.69, 9.17) is 10.5 Å². The van der Waals surface area contributed by atoms with Crippen molar-refractivity contribution in [3.05, 3.63) is 29.8 Å². The van der Waals surface area contributed by atoms with E-state index in [1.807, 2.05) is 38.1 Å². The maximum atomic E-state index is 12.0. The van der Waals surface area contributed by atoms with E-state index in [9.17, 15) is 13.2 Å². The highest BCUT2D eigenvalue weighted by Crippen LogP contribution is 2.33. The normalized spacial score (nSPS) is 20.4. The molecule has 6 nitrogen and oxygen atoms in total. The van der Waals surface area contributed by atoms with Crippen LogP contribution in [-0.2, 0) is 21.2 Å². The zero-order valence-corrected chi connectivity index (χ0v) is 12.9. The summed E-state index contributed by atoms with van der Waals surface area (Å²) in [5, 5.41) is 0. The van der Waals surface area contributed by atoms with E-state index in [0.29, 0.717) is 6.42 Å². The lowest BCUT2D eigenvalue weighted by atomic mass is 9.89. The first-order valence-electron chi connectivity index (χ1n) is 6.75. The molecule has 0 saturated heterocycles. The number of fused-ring (bicyclic) bond motifs is 1. The molecule has 0 saturated carbocycles. The minimum absolute atomic E-state index is 0.195. The molecule has 0 aliphatic carbocycles. The summed E-state index contributed by atoms with van der Waals surface area (Å²) >= 11 is 0. The van der Waals surface area contributed by atoms with Gasteiger partial charge in [-0.05, 0) is 31.9 Å². The van der Waals surface area contributed by atoms with Crippen LogP contribution in [0.4, 0.5) is 0 Å². The van der Waals surface area contributed by atoms with Crippen molar-refractivity contribution in [2.75, 3.05) is 5.75 Å². The lowest BCUT2D eigenvalue weighted by Crippen LogP contribution is -2.56. The minimum atomic E-state index is -3.58. The summed E-state index contributed by atoms with van der Waals surface area (Å²) < 4.78 is 32.6. The number of amides is 1. The fourth-order valence-electron chi connectivity index (χ4n) is 2.29. The Morgan fingerprint density at radius 1 is 1.43 bits per heavy atom. The molecule has 1 aliphatic heterocycles. The first-order chi connectivity index (χ1) is 9.70. The van der Waals surface area contributed by atoms with Crippen molar-refractivity contribution < 1.29 is 17.9 Å². The molecule has 0 fully saturated rings. The second-order valence-electron chi connectivity index (χ2n) is 5.72. The molecular formula is C14H20N2O4S. The Labute approximate surface area is 124 Å². The van der Waals surface area contributed by atoms with E-state index in [1.54, 1.807) is 0 Å². The average molecular weight is 312 g/mol. The average Bonchev–Trinajstić information content (AvgIpc) is 2.37. The first kappa shape index (κ1) is 15.8. The van der Waals surface area contributed by atoms with Crippen LogP contribution in [0.5, 0.6) is 5.75 Å². The zero-order chi connectivity index (χ0) is 15.7. The van der Waals surface area contributed by atoms with Crippen LogP contribution >= 0.6 is 0 Å². The van der Waals surface area contributed by atoms with Gasteiger partial charge >= 0.3 is 0 Å². The number of carbonyl (C=O) groups excluding carboxylic acids is 1. The van der Waals surface area contributed by atoms with Crippen LogP contribution in [0.15, 0.2) is 24.3 Å². The van der Waals surface area contributed by atoms with Gasteiger partial charge in [0.1, 0.15) is 11.4 Å². The lowest BCUT2D eigenvalue weighted by Gasteiger charge is -2.40. The highest BCUT2D eigenvalue weighted by Gasteiger charge is 2.38. The highest BCUT2D eigenvalue weighted by atomic mass is 32.2. The van der Waals surface area contributed by atoms with Crippen molar-refractivity contribution in [2.45, 2.75) is 38.3 Å². The Bertz CT molecular complexity index is 640. The van der Waals surface area contributed by atoms with Crippen LogP contribution in [-0.4, -0.2) is 31.7 Å².